The van der Waals surface area contributed by atoms with Crippen LogP contribution in [0.5, 0.6) is 0 Å². The van der Waals surface area contributed by atoms with Gasteiger partial charge in [0.2, 0.25) is 0 Å². The van der Waals surface area contributed by atoms with Gasteiger partial charge in [-0.1, -0.05) is 6.42 Å². The molecule has 0 unspecified atom stereocenters. The van der Waals surface area contributed by atoms with Gasteiger partial charge in [0.05, 0.1) is 8.66 Å². The fourth-order valence-electron chi connectivity index (χ4n) is 2.17. The molecule has 0 atom stereocenters. The molecule has 2 heterocycles. The van der Waals surface area contributed by atoms with Crippen LogP contribution in [0.1, 0.15) is 34.5 Å². The molecule has 1 aliphatic rings. The Labute approximate surface area is 121 Å². The number of likely N-dealkylation sites (tertiary alicyclic amines) is 1. The molecular formula is C13H19BrN2OS. The molecule has 100 valence electrons. The lowest BCUT2D eigenvalue weighted by Crippen LogP contribution is -2.37. The molecule has 0 saturated carbocycles. The summed E-state index contributed by atoms with van der Waals surface area (Å²) in [5.74, 6) is 0.0470. The SMILES string of the molecule is Cc1cc(C(=O)NCCN2CCCCC2)sc1Br. The molecule has 1 fully saturated rings. The van der Waals surface area contributed by atoms with E-state index in [1.807, 2.05) is 13.0 Å². The summed E-state index contributed by atoms with van der Waals surface area (Å²) in [6, 6.07) is 1.94. The van der Waals surface area contributed by atoms with E-state index in [4.69, 9.17) is 0 Å². The Bertz CT molecular complexity index is 394. The van der Waals surface area contributed by atoms with Crippen molar-refractivity contribution in [2.24, 2.45) is 0 Å². The van der Waals surface area contributed by atoms with Crippen LogP contribution in [0, 0.1) is 6.92 Å². The van der Waals surface area contributed by atoms with Gasteiger partial charge in [-0.25, -0.2) is 0 Å². The minimum absolute atomic E-state index is 0.0470. The summed E-state index contributed by atoms with van der Waals surface area (Å²) in [7, 11) is 0. The molecule has 2 rings (SSSR count). The quantitative estimate of drug-likeness (QED) is 0.920. The number of nitrogens with one attached hydrogen (secondary N) is 1. The summed E-state index contributed by atoms with van der Waals surface area (Å²) in [4.78, 5) is 15.1. The normalized spacial score (nSPS) is 16.8. The van der Waals surface area contributed by atoms with E-state index in [0.29, 0.717) is 0 Å². The second kappa shape index (κ2) is 6.68. The number of piperidine rings is 1. The highest BCUT2D eigenvalue weighted by Gasteiger charge is 2.12. The first-order valence-corrected chi connectivity index (χ1v) is 8.04. The lowest BCUT2D eigenvalue weighted by molar-refractivity contribution is 0.0950. The number of aryl methyl sites for hydroxylation is 1. The van der Waals surface area contributed by atoms with Crippen molar-refractivity contribution in [3.05, 3.63) is 20.3 Å². The second-order valence-corrected chi connectivity index (χ2v) is 7.10. The van der Waals surface area contributed by atoms with Gasteiger partial charge in [0.1, 0.15) is 0 Å². The number of carbonyl (C=O) groups excluding carboxylic acids is 1. The number of halogens is 1. The minimum Gasteiger partial charge on any atom is -0.350 e. The molecule has 18 heavy (non-hydrogen) atoms. The van der Waals surface area contributed by atoms with Crippen molar-refractivity contribution in [1.29, 1.82) is 0 Å². The molecule has 0 bridgehead atoms. The molecule has 5 heteroatoms. The predicted molar refractivity (Wildman–Crippen MR) is 79.4 cm³/mol. The molecule has 0 aliphatic carbocycles. The Hall–Kier alpha value is -0.390. The van der Waals surface area contributed by atoms with Crippen LogP contribution >= 0.6 is 27.3 Å². The lowest BCUT2D eigenvalue weighted by Gasteiger charge is -2.26. The van der Waals surface area contributed by atoms with Gasteiger partial charge < -0.3 is 10.2 Å². The summed E-state index contributed by atoms with van der Waals surface area (Å²) in [5.41, 5.74) is 1.13. The number of nitrogens with zero attached hydrogens (tertiary/aromatic N) is 1. The third-order valence-corrected chi connectivity index (χ3v) is 5.38. The number of thiophene rings is 1. The van der Waals surface area contributed by atoms with Gasteiger partial charge in [-0.2, -0.15) is 0 Å². The van der Waals surface area contributed by atoms with Crippen molar-refractivity contribution in [2.45, 2.75) is 26.2 Å². The van der Waals surface area contributed by atoms with Gasteiger partial charge in [-0.15, -0.1) is 11.3 Å². The number of rotatable bonds is 4. The van der Waals surface area contributed by atoms with Gasteiger partial charge in [-0.3, -0.25) is 4.79 Å². The first-order chi connectivity index (χ1) is 8.66. The van der Waals surface area contributed by atoms with E-state index < -0.39 is 0 Å². The van der Waals surface area contributed by atoms with E-state index in [1.165, 1.54) is 43.7 Å². The fourth-order valence-corrected chi connectivity index (χ4v) is 3.62. The Morgan fingerprint density at radius 1 is 1.44 bits per heavy atom. The predicted octanol–water partition coefficient (Wildman–Crippen LogP) is 3.03. The highest BCUT2D eigenvalue weighted by atomic mass is 79.9. The van der Waals surface area contributed by atoms with E-state index in [1.54, 1.807) is 0 Å². The number of hydrogen-bond acceptors (Lipinski definition) is 3. The number of carbonyl (C=O) groups is 1. The fraction of sp³-hybridized carbons (Fsp3) is 0.615. The zero-order valence-electron chi connectivity index (χ0n) is 10.7. The standard InChI is InChI=1S/C13H19BrN2OS/c1-10-9-11(18-12(10)14)13(17)15-5-8-16-6-3-2-4-7-16/h9H,2-8H2,1H3,(H,15,17). The van der Waals surface area contributed by atoms with Gasteiger partial charge >= 0.3 is 0 Å². The molecule has 1 saturated heterocycles. The van der Waals surface area contributed by atoms with E-state index >= 15 is 0 Å². The van der Waals surface area contributed by atoms with E-state index in [-0.39, 0.29) is 5.91 Å². The maximum Gasteiger partial charge on any atom is 0.261 e. The molecule has 0 radical (unpaired) electrons. The largest absolute Gasteiger partial charge is 0.350 e. The highest BCUT2D eigenvalue weighted by molar-refractivity contribution is 9.11. The molecule has 1 aromatic heterocycles. The van der Waals surface area contributed by atoms with Gasteiger partial charge in [0.25, 0.3) is 5.91 Å². The molecule has 1 N–H and O–H groups in total. The van der Waals surface area contributed by atoms with E-state index in [2.05, 4.69) is 26.1 Å². The number of hydrogen-bond donors (Lipinski definition) is 1. The topological polar surface area (TPSA) is 32.3 Å². The molecule has 1 aliphatic heterocycles. The molecule has 1 aromatic rings. The van der Waals surface area contributed by atoms with E-state index in [0.717, 1.165) is 27.3 Å². The summed E-state index contributed by atoms with van der Waals surface area (Å²) in [6.07, 6.45) is 3.95. The summed E-state index contributed by atoms with van der Waals surface area (Å²) in [6.45, 7) is 6.08. The van der Waals surface area contributed by atoms with Crippen molar-refractivity contribution >= 4 is 33.2 Å². The Kier molecular flexibility index (Phi) is 5.21. The average molecular weight is 331 g/mol. The van der Waals surface area contributed by atoms with Crippen molar-refractivity contribution in [3.63, 3.8) is 0 Å². The maximum atomic E-state index is 11.9. The molecule has 1 amide bonds. The van der Waals surface area contributed by atoms with Crippen LogP contribution in [0.15, 0.2) is 9.85 Å². The zero-order chi connectivity index (χ0) is 13.0. The van der Waals surface area contributed by atoms with Crippen LogP contribution in [0.2, 0.25) is 0 Å². The Morgan fingerprint density at radius 2 is 2.17 bits per heavy atom. The minimum atomic E-state index is 0.0470. The molecule has 0 spiro atoms. The molecular weight excluding hydrogens is 312 g/mol. The Morgan fingerprint density at radius 3 is 2.78 bits per heavy atom. The average Bonchev–Trinajstić information content (AvgIpc) is 2.71. The van der Waals surface area contributed by atoms with Crippen LogP contribution in [0.4, 0.5) is 0 Å². The third-order valence-electron chi connectivity index (χ3n) is 3.24. The number of amides is 1. The first-order valence-electron chi connectivity index (χ1n) is 6.43. The first kappa shape index (κ1) is 14.0. The second-order valence-electron chi connectivity index (χ2n) is 4.73. The van der Waals surface area contributed by atoms with Gasteiger partial charge in [-0.05, 0) is 60.4 Å². The van der Waals surface area contributed by atoms with Gasteiger partial charge in [0, 0.05) is 13.1 Å². The van der Waals surface area contributed by atoms with Crippen LogP contribution in [0.3, 0.4) is 0 Å². The summed E-state index contributed by atoms with van der Waals surface area (Å²) >= 11 is 4.94. The summed E-state index contributed by atoms with van der Waals surface area (Å²) in [5, 5.41) is 3.00. The molecule has 3 nitrogen and oxygen atoms in total. The molecule has 0 aromatic carbocycles. The third kappa shape index (κ3) is 3.80. The zero-order valence-corrected chi connectivity index (χ0v) is 13.1. The summed E-state index contributed by atoms with van der Waals surface area (Å²) < 4.78 is 1.05. The van der Waals surface area contributed by atoms with Crippen LogP contribution in [-0.4, -0.2) is 37.0 Å². The lowest BCUT2D eigenvalue weighted by atomic mass is 10.1. The van der Waals surface area contributed by atoms with E-state index in [9.17, 15) is 4.79 Å². The Balaban J connectivity index is 1.74. The van der Waals surface area contributed by atoms with Gasteiger partial charge in [0.15, 0.2) is 0 Å². The van der Waals surface area contributed by atoms with Crippen molar-refractivity contribution in [2.75, 3.05) is 26.2 Å². The monoisotopic (exact) mass is 330 g/mol. The smallest absolute Gasteiger partial charge is 0.261 e. The van der Waals surface area contributed by atoms with Crippen LogP contribution in [-0.2, 0) is 0 Å². The highest BCUT2D eigenvalue weighted by Crippen LogP contribution is 2.27. The van der Waals surface area contributed by atoms with Crippen molar-refractivity contribution in [3.8, 4) is 0 Å². The van der Waals surface area contributed by atoms with Crippen molar-refractivity contribution < 1.29 is 4.79 Å². The van der Waals surface area contributed by atoms with Crippen LogP contribution in [0.25, 0.3) is 0 Å². The maximum absolute atomic E-state index is 11.9. The van der Waals surface area contributed by atoms with Crippen molar-refractivity contribution in [1.82, 2.24) is 10.2 Å². The van der Waals surface area contributed by atoms with Crippen LogP contribution < -0.4 is 5.32 Å².